The van der Waals surface area contributed by atoms with Gasteiger partial charge in [-0.1, -0.05) is 0 Å². The molecule has 0 amide bonds. The maximum absolute atomic E-state index is 12.5. The molecule has 240 valence electrons. The van der Waals surface area contributed by atoms with Gasteiger partial charge in [-0.05, 0) is 49.4 Å². The molecule has 0 radical (unpaired) electrons. The fourth-order valence-corrected chi connectivity index (χ4v) is 8.63. The average molecular weight is 674 g/mol. The summed E-state index contributed by atoms with van der Waals surface area (Å²) >= 11 is 5.85. The Balaban J connectivity index is 0.000000163. The second-order valence-electron chi connectivity index (χ2n) is 12.2. The minimum Gasteiger partial charge on any atom is -0.394 e. The summed E-state index contributed by atoms with van der Waals surface area (Å²) in [7, 11) is -2.12. The monoisotopic (exact) mass is 673 g/mol. The van der Waals surface area contributed by atoms with Gasteiger partial charge in [0.15, 0.2) is 0 Å². The van der Waals surface area contributed by atoms with Crippen molar-refractivity contribution in [1.82, 2.24) is 24.9 Å². The quantitative estimate of drug-likeness (QED) is 0.254. The Labute approximate surface area is 271 Å². The van der Waals surface area contributed by atoms with Gasteiger partial charge in [-0.25, -0.2) is 9.97 Å². The Morgan fingerprint density at radius 2 is 1.27 bits per heavy atom. The highest BCUT2D eigenvalue weighted by molar-refractivity contribution is 7.85. The molecule has 45 heavy (non-hydrogen) atoms. The second-order valence-corrected chi connectivity index (χ2v) is 15.5. The largest absolute Gasteiger partial charge is 0.394 e. The number of rotatable bonds is 8. The van der Waals surface area contributed by atoms with E-state index in [1.165, 1.54) is 5.69 Å². The molecule has 2 aliphatic carbocycles. The van der Waals surface area contributed by atoms with Crippen molar-refractivity contribution in [2.24, 2.45) is 0 Å². The fraction of sp³-hybridized carbons (Fsp3) is 0.552. The molecule has 3 aliphatic heterocycles. The first-order valence-corrected chi connectivity index (χ1v) is 18.2. The topological polar surface area (TPSA) is 170 Å². The van der Waals surface area contributed by atoms with Crippen molar-refractivity contribution < 1.29 is 18.6 Å². The molecule has 0 bridgehead atoms. The minimum atomic E-state index is -1.06. The van der Waals surface area contributed by atoms with Crippen LogP contribution in [0.25, 0.3) is 0 Å². The lowest BCUT2D eigenvalue weighted by atomic mass is 10.2. The van der Waals surface area contributed by atoms with E-state index in [0.717, 1.165) is 74.6 Å². The predicted octanol–water partition coefficient (Wildman–Crippen LogP) is 1.53. The summed E-state index contributed by atoms with van der Waals surface area (Å²) in [6.07, 6.45) is 8.64. The van der Waals surface area contributed by atoms with Crippen LogP contribution >= 0.6 is 11.6 Å². The number of aryl methyl sites for hydroxylation is 2. The number of aromatic nitrogens is 5. The number of hydrogen-bond acceptors (Lipinski definition) is 13. The number of halogens is 1. The van der Waals surface area contributed by atoms with Gasteiger partial charge >= 0.3 is 0 Å². The lowest BCUT2D eigenvalue weighted by Gasteiger charge is -2.36. The molecule has 4 N–H and O–H groups in total. The molecule has 1 saturated heterocycles. The number of piperazine rings is 1. The van der Waals surface area contributed by atoms with E-state index in [1.807, 2.05) is 24.5 Å². The number of fused-ring (bicyclic) bond motifs is 2. The maximum atomic E-state index is 12.5. The molecule has 0 spiro atoms. The second kappa shape index (κ2) is 12.3. The normalized spacial score (nSPS) is 23.4. The molecule has 13 nitrogen and oxygen atoms in total. The third-order valence-corrected chi connectivity index (χ3v) is 12.1. The number of hydrogen-bond donors (Lipinski definition) is 4. The van der Waals surface area contributed by atoms with E-state index in [4.69, 9.17) is 21.6 Å². The first-order chi connectivity index (χ1) is 21.8. The van der Waals surface area contributed by atoms with Crippen LogP contribution in [-0.4, -0.2) is 106 Å². The van der Waals surface area contributed by atoms with Gasteiger partial charge in [0.1, 0.15) is 21.4 Å². The van der Waals surface area contributed by atoms with Crippen LogP contribution in [0.5, 0.6) is 0 Å². The van der Waals surface area contributed by atoms with E-state index < -0.39 is 21.6 Å². The van der Waals surface area contributed by atoms with E-state index in [-0.39, 0.29) is 29.6 Å². The number of aliphatic hydroxyl groups is 2. The summed E-state index contributed by atoms with van der Waals surface area (Å²) in [5.41, 5.74) is 2.24. The zero-order chi connectivity index (χ0) is 31.2. The highest BCUT2D eigenvalue weighted by atomic mass is 35.5. The van der Waals surface area contributed by atoms with E-state index in [0.29, 0.717) is 40.4 Å². The number of aliphatic hydroxyl groups excluding tert-OH is 2. The highest BCUT2D eigenvalue weighted by Crippen LogP contribution is 2.42. The maximum Gasteiger partial charge on any atom is 0.227 e. The van der Waals surface area contributed by atoms with Crippen LogP contribution in [0.3, 0.4) is 0 Å². The molecular weight excluding hydrogens is 638 g/mol. The lowest BCUT2D eigenvalue weighted by Crippen LogP contribution is -2.47. The summed E-state index contributed by atoms with van der Waals surface area (Å²) in [6, 6.07) is 4.06. The zero-order valence-electron chi connectivity index (χ0n) is 24.7. The van der Waals surface area contributed by atoms with Crippen LogP contribution in [0.2, 0.25) is 5.28 Å². The van der Waals surface area contributed by atoms with Gasteiger partial charge < -0.3 is 30.6 Å². The van der Waals surface area contributed by atoms with Gasteiger partial charge in [0.05, 0.1) is 57.3 Å². The molecular formula is C29H36ClN9O4S2. The molecule has 2 saturated carbocycles. The van der Waals surface area contributed by atoms with Crippen LogP contribution in [0.1, 0.15) is 37.1 Å². The van der Waals surface area contributed by atoms with Crippen LogP contribution in [0.4, 0.5) is 23.3 Å². The van der Waals surface area contributed by atoms with Gasteiger partial charge in [0.25, 0.3) is 0 Å². The fourth-order valence-electron chi connectivity index (χ4n) is 5.83. The Bertz CT molecular complexity index is 1630. The summed E-state index contributed by atoms with van der Waals surface area (Å²) in [5, 5.41) is 25.7. The first-order valence-electron chi connectivity index (χ1n) is 15.2. The van der Waals surface area contributed by atoms with Crippen molar-refractivity contribution in [2.45, 2.75) is 59.4 Å². The van der Waals surface area contributed by atoms with E-state index in [9.17, 15) is 18.6 Å². The molecule has 3 fully saturated rings. The summed E-state index contributed by atoms with van der Waals surface area (Å²) in [5.74, 6) is 3.06. The van der Waals surface area contributed by atoms with Gasteiger partial charge in [0, 0.05) is 68.6 Å². The van der Waals surface area contributed by atoms with Crippen LogP contribution in [-0.2, 0) is 34.4 Å². The van der Waals surface area contributed by atoms with Crippen molar-refractivity contribution in [3.05, 3.63) is 41.2 Å². The Morgan fingerprint density at radius 1 is 0.756 bits per heavy atom. The van der Waals surface area contributed by atoms with Gasteiger partial charge in [0.2, 0.25) is 11.2 Å². The highest BCUT2D eigenvalue weighted by Gasteiger charge is 2.45. The molecule has 3 aromatic heterocycles. The van der Waals surface area contributed by atoms with Crippen molar-refractivity contribution in [3.63, 3.8) is 0 Å². The van der Waals surface area contributed by atoms with Crippen molar-refractivity contribution in [3.8, 4) is 0 Å². The SMILES string of the molecule is O=S1CCc2nc(Cl)nc(NC3(CO)CC3)c21.O=S1CCc2nc(N3CCN(c4ccncc4)CC3)nc(NC3(CO)CC3)c21. The molecule has 6 heterocycles. The molecule has 3 aromatic rings. The first kappa shape index (κ1) is 30.7. The summed E-state index contributed by atoms with van der Waals surface area (Å²) in [6.45, 7) is 3.55. The van der Waals surface area contributed by atoms with Crippen LogP contribution in [0, 0.1) is 0 Å². The van der Waals surface area contributed by atoms with Gasteiger partial charge in [-0.3, -0.25) is 13.4 Å². The molecule has 16 heteroatoms. The molecule has 5 aliphatic rings. The van der Waals surface area contributed by atoms with Crippen LogP contribution < -0.4 is 20.4 Å². The van der Waals surface area contributed by atoms with E-state index >= 15 is 0 Å². The van der Waals surface area contributed by atoms with Gasteiger partial charge in [-0.15, -0.1) is 0 Å². The number of anilines is 4. The lowest BCUT2D eigenvalue weighted by molar-refractivity contribution is 0.265. The number of nitrogens with zero attached hydrogens (tertiary/aromatic N) is 7. The Kier molecular flexibility index (Phi) is 8.40. The molecule has 2 unspecified atom stereocenters. The predicted molar refractivity (Wildman–Crippen MR) is 173 cm³/mol. The van der Waals surface area contributed by atoms with E-state index in [2.05, 4.69) is 35.4 Å². The Morgan fingerprint density at radius 3 is 1.80 bits per heavy atom. The van der Waals surface area contributed by atoms with Gasteiger partial charge in [-0.2, -0.15) is 9.97 Å². The number of nitrogens with one attached hydrogen (secondary N) is 2. The van der Waals surface area contributed by atoms with Crippen LogP contribution in [0.15, 0.2) is 34.3 Å². The summed E-state index contributed by atoms with van der Waals surface area (Å²) in [4.78, 5) is 27.7. The summed E-state index contributed by atoms with van der Waals surface area (Å²) < 4.78 is 24.3. The van der Waals surface area contributed by atoms with Crippen molar-refractivity contribution >= 4 is 56.5 Å². The van der Waals surface area contributed by atoms with Crippen molar-refractivity contribution in [2.75, 3.05) is 71.3 Å². The minimum absolute atomic E-state index is 0.0516. The van der Waals surface area contributed by atoms with E-state index in [1.54, 1.807) is 0 Å². The molecule has 8 rings (SSSR count). The average Bonchev–Trinajstić information content (AvgIpc) is 3.95. The zero-order valence-corrected chi connectivity index (χ0v) is 27.1. The smallest absolute Gasteiger partial charge is 0.227 e. The molecule has 2 atom stereocenters. The Hall–Kier alpha value is -2.98. The molecule has 0 aromatic carbocycles. The standard InChI is InChI=1S/C19H24N6O2S.C10H12ClN3O2S/c26-13-19(4-5-19)23-17-16-15(3-12-28(16)27)21-18(22-17)25-10-8-24(9-11-25)14-1-6-20-7-2-14;11-9-12-6-1-4-17(16)7(6)8(13-9)14-10(5-15)2-3-10/h1-2,6-7,26H,3-5,8-13H2,(H,21,22,23);15H,1-5H2,(H,12,13,14). The third kappa shape index (κ3) is 6.37. The third-order valence-electron chi connectivity index (χ3n) is 9.01. The number of pyridine rings is 1. The van der Waals surface area contributed by atoms with Crippen molar-refractivity contribution in [1.29, 1.82) is 0 Å².